The second kappa shape index (κ2) is 5.96. The Kier molecular flexibility index (Phi) is 4.11. The van der Waals surface area contributed by atoms with Crippen LogP contribution in [0.15, 0.2) is 41.6 Å². The quantitative estimate of drug-likeness (QED) is 0.909. The number of carbonyl (C=O) groups excluding carboxylic acids is 1. The summed E-state index contributed by atoms with van der Waals surface area (Å²) in [4.78, 5) is 14.3. The Morgan fingerprint density at radius 3 is 2.50 bits per heavy atom. The van der Waals surface area contributed by atoms with E-state index in [1.54, 1.807) is 0 Å². The molecule has 2 aliphatic heterocycles. The van der Waals surface area contributed by atoms with Gasteiger partial charge in [0.2, 0.25) is 5.91 Å². The Morgan fingerprint density at radius 1 is 1.25 bits per heavy atom. The zero-order valence-corrected chi connectivity index (χ0v) is 15.0. The van der Waals surface area contributed by atoms with Gasteiger partial charge in [-0.1, -0.05) is 51.6 Å². The van der Waals surface area contributed by atoms with Gasteiger partial charge >= 0.3 is 0 Å². The van der Waals surface area contributed by atoms with E-state index in [-0.39, 0.29) is 17.4 Å². The highest BCUT2D eigenvalue weighted by Crippen LogP contribution is 2.25. The molecule has 1 saturated heterocycles. The average Bonchev–Trinajstić information content (AvgIpc) is 2.88. The van der Waals surface area contributed by atoms with E-state index < -0.39 is 0 Å². The van der Waals surface area contributed by atoms with E-state index in [1.807, 2.05) is 12.1 Å². The van der Waals surface area contributed by atoms with Crippen molar-refractivity contribution in [2.75, 3.05) is 13.7 Å². The number of hydrogen-bond donors (Lipinski definition) is 1. The maximum absolute atomic E-state index is 12.2. The van der Waals surface area contributed by atoms with Crippen molar-refractivity contribution in [3.63, 3.8) is 0 Å². The van der Waals surface area contributed by atoms with Crippen LogP contribution in [0.4, 0.5) is 0 Å². The summed E-state index contributed by atoms with van der Waals surface area (Å²) in [6.07, 6.45) is 1.57. The molecule has 2 heterocycles. The van der Waals surface area contributed by atoms with E-state index in [1.165, 1.54) is 5.56 Å². The molecule has 2 aliphatic rings. The van der Waals surface area contributed by atoms with Crippen LogP contribution in [0.3, 0.4) is 0 Å². The van der Waals surface area contributed by atoms with Crippen molar-refractivity contribution >= 4 is 11.7 Å². The summed E-state index contributed by atoms with van der Waals surface area (Å²) in [6, 6.07) is 8.33. The molecule has 0 spiro atoms. The van der Waals surface area contributed by atoms with E-state index in [4.69, 9.17) is 5.10 Å². The second-order valence-electron chi connectivity index (χ2n) is 7.68. The van der Waals surface area contributed by atoms with Crippen LogP contribution >= 0.6 is 0 Å². The predicted molar refractivity (Wildman–Crippen MR) is 96.5 cm³/mol. The van der Waals surface area contributed by atoms with E-state index in [2.05, 4.69) is 61.8 Å². The Morgan fingerprint density at radius 2 is 1.92 bits per heavy atom. The number of piperidine rings is 1. The molecule has 128 valence electrons. The van der Waals surface area contributed by atoms with Crippen LogP contribution in [-0.4, -0.2) is 41.4 Å². The largest absolute Gasteiger partial charge is 0.339 e. The first-order valence-corrected chi connectivity index (χ1v) is 8.41. The van der Waals surface area contributed by atoms with Crippen LogP contribution in [-0.2, 0) is 10.2 Å². The summed E-state index contributed by atoms with van der Waals surface area (Å²) in [6.45, 7) is 11.1. The van der Waals surface area contributed by atoms with Gasteiger partial charge in [-0.05, 0) is 23.8 Å². The molecule has 0 aliphatic carbocycles. The molecule has 3 rings (SSSR count). The first kappa shape index (κ1) is 16.6. The zero-order valence-electron chi connectivity index (χ0n) is 15.0. The molecule has 1 amide bonds. The first-order chi connectivity index (χ1) is 11.3. The topological polar surface area (TPSA) is 47.9 Å². The minimum atomic E-state index is -0.218. The normalized spacial score (nSPS) is 21.8. The van der Waals surface area contributed by atoms with E-state index >= 15 is 0 Å². The summed E-state index contributed by atoms with van der Waals surface area (Å²) in [7, 11) is 2.01. The van der Waals surface area contributed by atoms with Gasteiger partial charge in [-0.2, -0.15) is 5.10 Å². The number of amides is 1. The number of benzene rings is 1. The monoisotopic (exact) mass is 326 g/mol. The van der Waals surface area contributed by atoms with Crippen LogP contribution in [0, 0.1) is 0 Å². The summed E-state index contributed by atoms with van der Waals surface area (Å²) in [5, 5.41) is 9.44. The number of nitrogens with zero attached hydrogens (tertiary/aromatic N) is 3. The molecule has 1 atom stereocenters. The number of hydrogen-bond acceptors (Lipinski definition) is 4. The van der Waals surface area contributed by atoms with Gasteiger partial charge in [-0.25, -0.2) is 0 Å². The van der Waals surface area contributed by atoms with Crippen molar-refractivity contribution in [3.8, 4) is 0 Å². The third-order valence-electron chi connectivity index (χ3n) is 4.63. The molecular weight excluding hydrogens is 300 g/mol. The molecule has 1 aromatic rings. The molecule has 1 aromatic carbocycles. The zero-order chi connectivity index (χ0) is 17.5. The van der Waals surface area contributed by atoms with E-state index in [0.717, 1.165) is 29.9 Å². The second-order valence-corrected chi connectivity index (χ2v) is 7.68. The molecule has 24 heavy (non-hydrogen) atoms. The summed E-state index contributed by atoms with van der Waals surface area (Å²) in [5.74, 6) is 0.903. The van der Waals surface area contributed by atoms with Crippen molar-refractivity contribution in [1.82, 2.24) is 15.2 Å². The maximum atomic E-state index is 12.2. The SMILES string of the molecule is C=C1CCC(N2CN(C)C(c3ccc(C(C)(C)C)cc3)=N2)C(=O)N1. The van der Waals surface area contributed by atoms with E-state index in [9.17, 15) is 4.79 Å². The van der Waals surface area contributed by atoms with Crippen LogP contribution in [0.5, 0.6) is 0 Å². The Hall–Kier alpha value is -2.30. The smallest absolute Gasteiger partial charge is 0.248 e. The number of carbonyl (C=O) groups is 1. The fourth-order valence-electron chi connectivity index (χ4n) is 3.13. The van der Waals surface area contributed by atoms with Gasteiger partial charge < -0.3 is 10.2 Å². The van der Waals surface area contributed by atoms with Crippen molar-refractivity contribution in [2.45, 2.75) is 45.1 Å². The number of rotatable bonds is 2. The summed E-state index contributed by atoms with van der Waals surface area (Å²) in [5.41, 5.74) is 3.31. The van der Waals surface area contributed by atoms with E-state index in [0.29, 0.717) is 6.67 Å². The van der Waals surface area contributed by atoms with Crippen LogP contribution in [0.25, 0.3) is 0 Å². The lowest BCUT2D eigenvalue weighted by molar-refractivity contribution is -0.127. The lowest BCUT2D eigenvalue weighted by Crippen LogP contribution is -2.47. The van der Waals surface area contributed by atoms with Crippen LogP contribution < -0.4 is 5.32 Å². The van der Waals surface area contributed by atoms with Crippen molar-refractivity contribution < 1.29 is 4.79 Å². The highest BCUT2D eigenvalue weighted by atomic mass is 16.2. The van der Waals surface area contributed by atoms with Gasteiger partial charge in [0.05, 0.1) is 0 Å². The van der Waals surface area contributed by atoms with Crippen LogP contribution in [0.1, 0.15) is 44.7 Å². The lowest BCUT2D eigenvalue weighted by atomic mass is 9.86. The molecule has 0 saturated carbocycles. The highest BCUT2D eigenvalue weighted by Gasteiger charge is 2.34. The summed E-state index contributed by atoms with van der Waals surface area (Å²) < 4.78 is 0. The summed E-state index contributed by atoms with van der Waals surface area (Å²) >= 11 is 0. The highest BCUT2D eigenvalue weighted by molar-refractivity contribution is 5.99. The molecule has 5 heteroatoms. The predicted octanol–water partition coefficient (Wildman–Crippen LogP) is 2.64. The Labute approximate surface area is 144 Å². The van der Waals surface area contributed by atoms with Gasteiger partial charge in [0.15, 0.2) is 5.84 Å². The lowest BCUT2D eigenvalue weighted by Gasteiger charge is -2.29. The van der Waals surface area contributed by atoms with Crippen LogP contribution in [0.2, 0.25) is 0 Å². The number of allylic oxidation sites excluding steroid dienone is 1. The third-order valence-corrected chi connectivity index (χ3v) is 4.63. The average molecular weight is 326 g/mol. The first-order valence-electron chi connectivity index (χ1n) is 8.41. The van der Waals surface area contributed by atoms with Crippen molar-refractivity contribution in [3.05, 3.63) is 47.7 Å². The molecule has 5 nitrogen and oxygen atoms in total. The maximum Gasteiger partial charge on any atom is 0.248 e. The number of nitrogens with one attached hydrogen (secondary N) is 1. The minimum Gasteiger partial charge on any atom is -0.339 e. The third kappa shape index (κ3) is 3.16. The molecular formula is C19H26N4O. The van der Waals surface area contributed by atoms with Gasteiger partial charge in [-0.15, -0.1) is 0 Å². The standard InChI is InChI=1S/C19H26N4O/c1-13-6-11-16(18(24)20-13)23-12-22(5)17(21-23)14-7-9-15(10-8-14)19(2,3)4/h7-10,16H,1,6,11-12H2,2-5H3,(H,20,24). The van der Waals surface area contributed by atoms with Crippen molar-refractivity contribution in [1.29, 1.82) is 0 Å². The van der Waals surface area contributed by atoms with Crippen molar-refractivity contribution in [2.24, 2.45) is 5.10 Å². The number of hydrazone groups is 1. The molecule has 0 radical (unpaired) electrons. The molecule has 1 unspecified atom stereocenters. The molecule has 0 aromatic heterocycles. The van der Waals surface area contributed by atoms with Gasteiger partial charge in [-0.3, -0.25) is 9.80 Å². The van der Waals surface area contributed by atoms with Gasteiger partial charge in [0, 0.05) is 18.3 Å². The minimum absolute atomic E-state index is 0.00673. The molecule has 1 N–H and O–H groups in total. The fraction of sp³-hybridized carbons (Fsp3) is 0.474. The Balaban J connectivity index is 1.81. The number of amidine groups is 1. The Bertz CT molecular complexity index is 684. The van der Waals surface area contributed by atoms with Gasteiger partial charge in [0.25, 0.3) is 0 Å². The fourth-order valence-corrected chi connectivity index (χ4v) is 3.13. The molecule has 0 bridgehead atoms. The van der Waals surface area contributed by atoms with Gasteiger partial charge in [0.1, 0.15) is 12.7 Å². The molecule has 1 fully saturated rings.